The zero-order valence-electron chi connectivity index (χ0n) is 4.68. The first-order valence-electron chi connectivity index (χ1n) is 2.46. The molecule has 2 nitrogen and oxygen atoms in total. The number of rotatable bonds is 3. The molecule has 0 aromatic carbocycles. The molecule has 0 aliphatic rings. The fraction of sp³-hybridized carbons (Fsp3) is 0.800. The largest absolute Gasteiger partial charge is 0.302 e. The summed E-state index contributed by atoms with van der Waals surface area (Å²) in [5.41, 5.74) is 0. The minimum absolute atomic E-state index is 0.164. The van der Waals surface area contributed by atoms with Crippen LogP contribution in [0.5, 0.6) is 0 Å². The quantitative estimate of drug-likeness (QED) is 0.537. The van der Waals surface area contributed by atoms with Crippen molar-refractivity contribution >= 4 is 0 Å². The van der Waals surface area contributed by atoms with Gasteiger partial charge in [-0.05, 0) is 13.3 Å². The number of nitrogens with two attached hydrogens (primary N) is 1. The summed E-state index contributed by atoms with van der Waals surface area (Å²) in [6.07, 6.45) is 1.99. The maximum Gasteiger partial charge on any atom is 0.0759 e. The second-order valence-corrected chi connectivity index (χ2v) is 1.59. The van der Waals surface area contributed by atoms with Gasteiger partial charge in [0.1, 0.15) is 0 Å². The summed E-state index contributed by atoms with van der Waals surface area (Å²) < 4.78 is 0. The number of hydrogen-bond acceptors (Lipinski definition) is 2. The Balaban J connectivity index is 2.83. The number of hydrogen-bond donors (Lipinski definition) is 1. The fourth-order valence-electron chi connectivity index (χ4n) is 0.355. The first kappa shape index (κ1) is 6.92. The molecule has 0 rings (SSSR count). The summed E-state index contributed by atoms with van der Waals surface area (Å²) in [5, 5.41) is 0. The van der Waals surface area contributed by atoms with Gasteiger partial charge in [-0.2, -0.15) is 0 Å². The van der Waals surface area contributed by atoms with Crippen LogP contribution in [0.4, 0.5) is 0 Å². The van der Waals surface area contributed by atoms with Gasteiger partial charge in [0, 0.05) is 0 Å². The Morgan fingerprint density at radius 1 is 1.86 bits per heavy atom. The van der Waals surface area contributed by atoms with Crippen molar-refractivity contribution < 1.29 is 4.84 Å². The van der Waals surface area contributed by atoms with E-state index in [0.29, 0.717) is 0 Å². The predicted molar refractivity (Wildman–Crippen MR) is 29.3 cm³/mol. The molecule has 0 spiro atoms. The van der Waals surface area contributed by atoms with Gasteiger partial charge in [0.2, 0.25) is 0 Å². The first-order valence-corrected chi connectivity index (χ1v) is 2.46. The van der Waals surface area contributed by atoms with Crippen molar-refractivity contribution in [2.24, 2.45) is 5.90 Å². The molecular formula is C5H12NO. The third-order valence-electron chi connectivity index (χ3n) is 0.843. The van der Waals surface area contributed by atoms with Gasteiger partial charge in [0.25, 0.3) is 0 Å². The van der Waals surface area contributed by atoms with E-state index >= 15 is 0 Å². The van der Waals surface area contributed by atoms with E-state index in [1.54, 1.807) is 0 Å². The van der Waals surface area contributed by atoms with E-state index in [9.17, 15) is 0 Å². The molecule has 43 valence electrons. The molecule has 1 radical (unpaired) electrons. The van der Waals surface area contributed by atoms with Crippen LogP contribution in [0, 0.1) is 6.92 Å². The van der Waals surface area contributed by atoms with Crippen molar-refractivity contribution in [3.05, 3.63) is 6.92 Å². The van der Waals surface area contributed by atoms with Gasteiger partial charge in [0.15, 0.2) is 0 Å². The lowest BCUT2D eigenvalue weighted by molar-refractivity contribution is 0.0613. The van der Waals surface area contributed by atoms with Gasteiger partial charge in [-0.1, -0.05) is 13.3 Å². The van der Waals surface area contributed by atoms with Crippen molar-refractivity contribution in [2.75, 3.05) is 0 Å². The highest BCUT2D eigenvalue weighted by Gasteiger charge is 1.93. The van der Waals surface area contributed by atoms with E-state index in [1.165, 1.54) is 0 Å². The SMILES string of the molecule is [CH2]CCC(C)ON. The van der Waals surface area contributed by atoms with Crippen LogP contribution in [0.1, 0.15) is 19.8 Å². The Hall–Kier alpha value is -0.0800. The van der Waals surface area contributed by atoms with Crippen LogP contribution < -0.4 is 5.90 Å². The van der Waals surface area contributed by atoms with E-state index in [1.807, 2.05) is 6.92 Å². The normalized spacial score (nSPS) is 14.1. The van der Waals surface area contributed by atoms with Gasteiger partial charge >= 0.3 is 0 Å². The standard InChI is InChI=1S/C5H12NO/c1-3-4-5(2)7-6/h5H,1,3-4,6H2,2H3. The molecule has 2 heteroatoms. The average molecular weight is 102 g/mol. The van der Waals surface area contributed by atoms with Crippen LogP contribution in [0.3, 0.4) is 0 Å². The summed E-state index contributed by atoms with van der Waals surface area (Å²) in [4.78, 5) is 4.45. The molecule has 1 unspecified atom stereocenters. The van der Waals surface area contributed by atoms with Gasteiger partial charge < -0.3 is 4.84 Å². The van der Waals surface area contributed by atoms with Crippen molar-refractivity contribution in [1.29, 1.82) is 0 Å². The topological polar surface area (TPSA) is 35.2 Å². The summed E-state index contributed by atoms with van der Waals surface area (Å²) in [6.45, 7) is 5.56. The molecule has 0 aliphatic carbocycles. The molecule has 0 aliphatic heterocycles. The average Bonchev–Trinajstić information content (AvgIpc) is 1.68. The van der Waals surface area contributed by atoms with Crippen molar-refractivity contribution in [3.8, 4) is 0 Å². The zero-order chi connectivity index (χ0) is 5.70. The molecule has 0 bridgehead atoms. The lowest BCUT2D eigenvalue weighted by Gasteiger charge is -2.03. The van der Waals surface area contributed by atoms with Crippen molar-refractivity contribution in [2.45, 2.75) is 25.9 Å². The molecular weight excluding hydrogens is 90.1 g/mol. The predicted octanol–water partition coefficient (Wildman–Crippen LogP) is 0.879. The smallest absolute Gasteiger partial charge is 0.0759 e. The van der Waals surface area contributed by atoms with Crippen LogP contribution in [-0.4, -0.2) is 6.10 Å². The molecule has 1 atom stereocenters. The monoisotopic (exact) mass is 102 g/mol. The Bertz CT molecular complexity index is 39.1. The van der Waals surface area contributed by atoms with E-state index in [2.05, 4.69) is 11.8 Å². The van der Waals surface area contributed by atoms with E-state index in [-0.39, 0.29) is 6.10 Å². The summed E-state index contributed by atoms with van der Waals surface area (Å²) in [5.74, 6) is 4.83. The Morgan fingerprint density at radius 2 is 2.43 bits per heavy atom. The van der Waals surface area contributed by atoms with Gasteiger partial charge in [0.05, 0.1) is 6.10 Å². The minimum atomic E-state index is 0.164. The summed E-state index contributed by atoms with van der Waals surface area (Å²) >= 11 is 0. The third kappa shape index (κ3) is 3.76. The zero-order valence-corrected chi connectivity index (χ0v) is 4.68. The minimum Gasteiger partial charge on any atom is -0.302 e. The third-order valence-corrected chi connectivity index (χ3v) is 0.843. The van der Waals surface area contributed by atoms with Gasteiger partial charge in [-0.3, -0.25) is 0 Å². The van der Waals surface area contributed by atoms with Crippen molar-refractivity contribution in [1.82, 2.24) is 0 Å². The molecule has 2 N–H and O–H groups in total. The highest BCUT2D eigenvalue weighted by atomic mass is 16.6. The van der Waals surface area contributed by atoms with E-state index in [4.69, 9.17) is 5.90 Å². The molecule has 0 fully saturated rings. The summed E-state index contributed by atoms with van der Waals surface area (Å²) in [6, 6.07) is 0. The maximum absolute atomic E-state index is 4.83. The van der Waals surface area contributed by atoms with Crippen LogP contribution in [-0.2, 0) is 4.84 Å². The highest BCUT2D eigenvalue weighted by molar-refractivity contribution is 4.48. The second kappa shape index (κ2) is 4.09. The molecule has 0 amide bonds. The molecule has 7 heavy (non-hydrogen) atoms. The Labute approximate surface area is 44.6 Å². The van der Waals surface area contributed by atoms with Gasteiger partial charge in [-0.15, -0.1) is 0 Å². The Kier molecular flexibility index (Phi) is 4.04. The van der Waals surface area contributed by atoms with E-state index in [0.717, 1.165) is 12.8 Å². The maximum atomic E-state index is 4.83. The first-order chi connectivity index (χ1) is 3.31. The Morgan fingerprint density at radius 3 is 2.57 bits per heavy atom. The second-order valence-electron chi connectivity index (χ2n) is 1.59. The molecule has 0 saturated heterocycles. The summed E-state index contributed by atoms with van der Waals surface area (Å²) in [7, 11) is 0. The fourth-order valence-corrected chi connectivity index (χ4v) is 0.355. The molecule has 0 aromatic rings. The lowest BCUT2D eigenvalue weighted by Crippen LogP contribution is -2.11. The van der Waals surface area contributed by atoms with Crippen LogP contribution in [0.15, 0.2) is 0 Å². The molecule has 0 saturated carbocycles. The van der Waals surface area contributed by atoms with Crippen LogP contribution in [0.25, 0.3) is 0 Å². The van der Waals surface area contributed by atoms with Gasteiger partial charge in [-0.25, -0.2) is 5.90 Å². The molecule has 0 heterocycles. The van der Waals surface area contributed by atoms with E-state index < -0.39 is 0 Å². The van der Waals surface area contributed by atoms with Crippen LogP contribution >= 0.6 is 0 Å². The van der Waals surface area contributed by atoms with Crippen LogP contribution in [0.2, 0.25) is 0 Å². The molecule has 0 aromatic heterocycles. The highest BCUT2D eigenvalue weighted by Crippen LogP contribution is 1.95. The lowest BCUT2D eigenvalue weighted by atomic mass is 10.2. The van der Waals surface area contributed by atoms with Crippen molar-refractivity contribution in [3.63, 3.8) is 0 Å².